The lowest BCUT2D eigenvalue weighted by Crippen LogP contribution is -2.49. The molecule has 1 atom stereocenters. The van der Waals surface area contributed by atoms with Crippen LogP contribution in [0.15, 0.2) is 60.7 Å². The van der Waals surface area contributed by atoms with Crippen molar-refractivity contribution in [1.29, 1.82) is 0 Å². The number of carbonyl (C=O) groups is 3. The number of aryl methyl sites for hydroxylation is 1. The van der Waals surface area contributed by atoms with Crippen LogP contribution in [0.4, 0.5) is 5.69 Å². The Bertz CT molecular complexity index is 1250. The van der Waals surface area contributed by atoms with Gasteiger partial charge in [0.05, 0.1) is 5.69 Å². The SMILES string of the molecule is CCCNC(=O)C(CC)N(Cc1ccc(C)cc1)C(=O)CCCN1C(=O)c2cccc3cccc1c23. The fourth-order valence-electron chi connectivity index (χ4n) is 4.91. The molecule has 6 heteroatoms. The minimum absolute atomic E-state index is 0.0175. The maximum atomic E-state index is 13.5. The summed E-state index contributed by atoms with van der Waals surface area (Å²) in [5, 5.41) is 4.98. The van der Waals surface area contributed by atoms with E-state index in [0.29, 0.717) is 38.0 Å². The summed E-state index contributed by atoms with van der Waals surface area (Å²) in [6.07, 6.45) is 2.16. The minimum Gasteiger partial charge on any atom is -0.354 e. The van der Waals surface area contributed by atoms with Crippen molar-refractivity contribution in [1.82, 2.24) is 10.2 Å². The third kappa shape index (κ3) is 5.27. The van der Waals surface area contributed by atoms with Gasteiger partial charge in [-0.3, -0.25) is 14.4 Å². The van der Waals surface area contributed by atoms with E-state index in [1.54, 1.807) is 9.80 Å². The summed E-state index contributed by atoms with van der Waals surface area (Å²) >= 11 is 0. The van der Waals surface area contributed by atoms with E-state index in [-0.39, 0.29) is 24.1 Å². The van der Waals surface area contributed by atoms with Crippen molar-refractivity contribution in [2.24, 2.45) is 0 Å². The molecule has 0 saturated carbocycles. The van der Waals surface area contributed by atoms with Gasteiger partial charge in [0.1, 0.15) is 6.04 Å². The topological polar surface area (TPSA) is 69.7 Å². The van der Waals surface area contributed by atoms with Crippen molar-refractivity contribution < 1.29 is 14.4 Å². The molecule has 0 aromatic heterocycles. The van der Waals surface area contributed by atoms with E-state index in [4.69, 9.17) is 0 Å². The van der Waals surface area contributed by atoms with E-state index >= 15 is 0 Å². The molecule has 0 saturated heterocycles. The Morgan fingerprint density at radius 1 is 1.00 bits per heavy atom. The van der Waals surface area contributed by atoms with Gasteiger partial charge in [0.25, 0.3) is 5.91 Å². The average Bonchev–Trinajstić information content (AvgIpc) is 3.16. The Hall–Kier alpha value is -3.67. The van der Waals surface area contributed by atoms with Crippen LogP contribution in [0.3, 0.4) is 0 Å². The summed E-state index contributed by atoms with van der Waals surface area (Å²) in [7, 11) is 0. The first-order valence-electron chi connectivity index (χ1n) is 12.9. The highest BCUT2D eigenvalue weighted by Gasteiger charge is 2.31. The smallest absolute Gasteiger partial charge is 0.258 e. The highest BCUT2D eigenvalue weighted by Crippen LogP contribution is 2.37. The van der Waals surface area contributed by atoms with Crippen LogP contribution in [0.1, 0.15) is 61.0 Å². The molecule has 36 heavy (non-hydrogen) atoms. The van der Waals surface area contributed by atoms with Crippen LogP contribution in [0, 0.1) is 6.92 Å². The van der Waals surface area contributed by atoms with E-state index in [9.17, 15) is 14.4 Å². The van der Waals surface area contributed by atoms with Gasteiger partial charge in [-0.2, -0.15) is 0 Å². The van der Waals surface area contributed by atoms with Gasteiger partial charge >= 0.3 is 0 Å². The first-order chi connectivity index (χ1) is 17.4. The first-order valence-corrected chi connectivity index (χ1v) is 12.9. The van der Waals surface area contributed by atoms with Gasteiger partial charge in [-0.15, -0.1) is 0 Å². The Balaban J connectivity index is 1.47. The molecule has 1 aliphatic heterocycles. The highest BCUT2D eigenvalue weighted by molar-refractivity contribution is 6.25. The van der Waals surface area contributed by atoms with Crippen molar-refractivity contribution in [3.8, 4) is 0 Å². The summed E-state index contributed by atoms with van der Waals surface area (Å²) in [6.45, 7) is 7.39. The second kappa shape index (κ2) is 11.4. The van der Waals surface area contributed by atoms with Crippen LogP contribution >= 0.6 is 0 Å². The van der Waals surface area contributed by atoms with Crippen molar-refractivity contribution >= 4 is 34.2 Å². The van der Waals surface area contributed by atoms with Crippen LogP contribution in [-0.2, 0) is 16.1 Å². The fraction of sp³-hybridized carbons (Fsp3) is 0.367. The number of nitrogens with zero attached hydrogens (tertiary/aromatic N) is 2. The monoisotopic (exact) mass is 485 g/mol. The Kier molecular flexibility index (Phi) is 8.04. The number of hydrogen-bond donors (Lipinski definition) is 1. The summed E-state index contributed by atoms with van der Waals surface area (Å²) in [5.41, 5.74) is 3.76. The maximum absolute atomic E-state index is 13.5. The van der Waals surface area contributed by atoms with E-state index in [1.807, 2.05) is 81.4 Å². The zero-order valence-corrected chi connectivity index (χ0v) is 21.4. The molecule has 3 aromatic rings. The number of rotatable bonds is 11. The largest absolute Gasteiger partial charge is 0.354 e. The molecular weight excluding hydrogens is 450 g/mol. The predicted molar refractivity (Wildman–Crippen MR) is 144 cm³/mol. The van der Waals surface area contributed by atoms with Gasteiger partial charge in [-0.25, -0.2) is 0 Å². The van der Waals surface area contributed by atoms with Crippen molar-refractivity contribution in [3.05, 3.63) is 77.4 Å². The zero-order valence-electron chi connectivity index (χ0n) is 21.4. The molecule has 4 rings (SSSR count). The summed E-state index contributed by atoms with van der Waals surface area (Å²) < 4.78 is 0. The fourth-order valence-corrected chi connectivity index (χ4v) is 4.91. The van der Waals surface area contributed by atoms with Crippen molar-refractivity contribution in [2.45, 2.75) is 59.0 Å². The average molecular weight is 486 g/mol. The van der Waals surface area contributed by atoms with Crippen LogP contribution < -0.4 is 10.2 Å². The van der Waals surface area contributed by atoms with E-state index in [2.05, 4.69) is 5.32 Å². The van der Waals surface area contributed by atoms with Crippen LogP contribution in [0.25, 0.3) is 10.8 Å². The normalized spacial score (nSPS) is 13.2. The molecule has 1 heterocycles. The van der Waals surface area contributed by atoms with Crippen LogP contribution in [0.5, 0.6) is 0 Å². The Labute approximate surface area is 213 Å². The maximum Gasteiger partial charge on any atom is 0.258 e. The summed E-state index contributed by atoms with van der Waals surface area (Å²) in [5.74, 6) is -0.204. The Morgan fingerprint density at radius 2 is 1.72 bits per heavy atom. The van der Waals surface area contributed by atoms with E-state index in [0.717, 1.165) is 34.0 Å². The third-order valence-electron chi connectivity index (χ3n) is 6.83. The lowest BCUT2D eigenvalue weighted by molar-refractivity contribution is -0.141. The lowest BCUT2D eigenvalue weighted by Gasteiger charge is -2.31. The van der Waals surface area contributed by atoms with E-state index in [1.165, 1.54) is 0 Å². The third-order valence-corrected chi connectivity index (χ3v) is 6.83. The van der Waals surface area contributed by atoms with E-state index < -0.39 is 6.04 Å². The molecule has 3 amide bonds. The van der Waals surface area contributed by atoms with Gasteiger partial charge in [-0.05, 0) is 49.3 Å². The van der Waals surface area contributed by atoms with Gasteiger partial charge in [0, 0.05) is 37.0 Å². The van der Waals surface area contributed by atoms with Crippen molar-refractivity contribution in [3.63, 3.8) is 0 Å². The molecule has 0 spiro atoms. The quantitative estimate of drug-likeness (QED) is 0.405. The molecule has 0 bridgehead atoms. The van der Waals surface area contributed by atoms with Crippen LogP contribution in [0.2, 0.25) is 0 Å². The molecule has 0 aliphatic carbocycles. The molecular formula is C30H35N3O3. The zero-order chi connectivity index (χ0) is 25.7. The van der Waals surface area contributed by atoms with Crippen molar-refractivity contribution in [2.75, 3.05) is 18.0 Å². The van der Waals surface area contributed by atoms with Gasteiger partial charge < -0.3 is 15.1 Å². The molecule has 3 aromatic carbocycles. The molecule has 1 unspecified atom stereocenters. The molecule has 0 radical (unpaired) electrons. The van der Waals surface area contributed by atoms with Gasteiger partial charge in [0.2, 0.25) is 11.8 Å². The molecule has 1 aliphatic rings. The summed E-state index contributed by atoms with van der Waals surface area (Å²) in [6, 6.07) is 19.3. The number of nitrogens with one attached hydrogen (secondary N) is 1. The minimum atomic E-state index is -0.531. The van der Waals surface area contributed by atoms with Crippen LogP contribution in [-0.4, -0.2) is 41.8 Å². The number of anilines is 1. The number of amides is 3. The second-order valence-electron chi connectivity index (χ2n) is 9.46. The number of carbonyl (C=O) groups excluding carboxylic acids is 3. The first kappa shape index (κ1) is 25.4. The number of hydrogen-bond acceptors (Lipinski definition) is 3. The molecule has 6 nitrogen and oxygen atoms in total. The highest BCUT2D eigenvalue weighted by atomic mass is 16.2. The molecule has 0 fully saturated rings. The number of benzene rings is 3. The lowest BCUT2D eigenvalue weighted by atomic mass is 10.1. The predicted octanol–water partition coefficient (Wildman–Crippen LogP) is 5.22. The Morgan fingerprint density at radius 3 is 2.42 bits per heavy atom. The summed E-state index contributed by atoms with van der Waals surface area (Å²) in [4.78, 5) is 43.0. The standard InChI is InChI=1S/C30H35N3O3/c1-4-18-31-29(35)25(5-2)33(20-22-16-14-21(3)15-17-22)27(34)13-8-19-32-26-12-7-10-23-9-6-11-24(28(23)26)30(32)36/h6-7,9-12,14-17,25H,4-5,8,13,18-20H2,1-3H3,(H,31,35). The molecule has 188 valence electrons. The van der Waals surface area contributed by atoms with Gasteiger partial charge in [0.15, 0.2) is 0 Å². The van der Waals surface area contributed by atoms with Gasteiger partial charge in [-0.1, -0.05) is 67.9 Å². The second-order valence-corrected chi connectivity index (χ2v) is 9.46. The molecule has 1 N–H and O–H groups in total.